The number of hydrogen-bond acceptors (Lipinski definition) is 3. The third-order valence-corrected chi connectivity index (χ3v) is 3.80. The molecule has 0 amide bonds. The van der Waals surface area contributed by atoms with Crippen LogP contribution in [-0.2, 0) is 0 Å². The van der Waals surface area contributed by atoms with Crippen LogP contribution in [0.2, 0.25) is 5.02 Å². The molecule has 0 bridgehead atoms. The molecular formula is C13H9ClN2S. The highest BCUT2D eigenvalue weighted by molar-refractivity contribution is 7.21. The highest BCUT2D eigenvalue weighted by Gasteiger charge is 2.06. The summed E-state index contributed by atoms with van der Waals surface area (Å²) in [6.07, 6.45) is 0. The summed E-state index contributed by atoms with van der Waals surface area (Å²) in [4.78, 5) is 4.56. The second kappa shape index (κ2) is 4.02. The molecule has 0 unspecified atom stereocenters. The van der Waals surface area contributed by atoms with Crippen molar-refractivity contribution >= 4 is 38.8 Å². The minimum absolute atomic E-state index is 0.723. The van der Waals surface area contributed by atoms with E-state index in [1.807, 2.05) is 42.5 Å². The molecule has 84 valence electrons. The van der Waals surface area contributed by atoms with Crippen LogP contribution in [0.4, 0.5) is 5.69 Å². The zero-order valence-electron chi connectivity index (χ0n) is 8.85. The lowest BCUT2D eigenvalue weighted by Gasteiger charge is -1.95. The molecule has 0 aliphatic carbocycles. The molecule has 17 heavy (non-hydrogen) atoms. The maximum atomic E-state index is 5.98. The topological polar surface area (TPSA) is 38.9 Å². The number of nitrogen functional groups attached to an aromatic ring is 1. The van der Waals surface area contributed by atoms with Crippen LogP contribution < -0.4 is 5.73 Å². The first-order valence-electron chi connectivity index (χ1n) is 5.14. The number of anilines is 1. The summed E-state index contributed by atoms with van der Waals surface area (Å²) in [5, 5.41) is 1.69. The summed E-state index contributed by atoms with van der Waals surface area (Å²) in [5.74, 6) is 0. The lowest BCUT2D eigenvalue weighted by Crippen LogP contribution is -1.82. The number of rotatable bonds is 1. The van der Waals surface area contributed by atoms with Gasteiger partial charge in [-0.1, -0.05) is 23.7 Å². The number of fused-ring (bicyclic) bond motifs is 1. The van der Waals surface area contributed by atoms with E-state index in [-0.39, 0.29) is 0 Å². The largest absolute Gasteiger partial charge is 0.399 e. The maximum Gasteiger partial charge on any atom is 0.124 e. The van der Waals surface area contributed by atoms with Gasteiger partial charge in [0, 0.05) is 16.3 Å². The summed E-state index contributed by atoms with van der Waals surface area (Å²) >= 11 is 7.62. The summed E-state index contributed by atoms with van der Waals surface area (Å²) in [5.41, 5.74) is 8.45. The van der Waals surface area contributed by atoms with E-state index >= 15 is 0 Å². The summed E-state index contributed by atoms with van der Waals surface area (Å²) in [6.45, 7) is 0. The molecule has 0 radical (unpaired) electrons. The maximum absolute atomic E-state index is 5.98. The van der Waals surface area contributed by atoms with E-state index in [2.05, 4.69) is 4.98 Å². The van der Waals surface area contributed by atoms with Gasteiger partial charge in [0.2, 0.25) is 0 Å². The van der Waals surface area contributed by atoms with E-state index in [9.17, 15) is 0 Å². The zero-order chi connectivity index (χ0) is 11.8. The predicted octanol–water partition coefficient (Wildman–Crippen LogP) is 4.20. The predicted molar refractivity (Wildman–Crippen MR) is 74.5 cm³/mol. The standard InChI is InChI=1S/C13H9ClN2S/c14-9-3-1-2-8(6-9)13-16-11-7-10(15)4-5-12(11)17-13/h1-7H,15H2. The lowest BCUT2D eigenvalue weighted by atomic mass is 10.2. The Morgan fingerprint density at radius 3 is 2.82 bits per heavy atom. The van der Waals surface area contributed by atoms with Gasteiger partial charge < -0.3 is 5.73 Å². The van der Waals surface area contributed by atoms with Crippen molar-refractivity contribution < 1.29 is 0 Å². The van der Waals surface area contributed by atoms with Gasteiger partial charge >= 0.3 is 0 Å². The summed E-state index contributed by atoms with van der Waals surface area (Å²) in [6, 6.07) is 13.5. The smallest absolute Gasteiger partial charge is 0.124 e. The van der Waals surface area contributed by atoms with Crippen molar-refractivity contribution in [1.29, 1.82) is 0 Å². The zero-order valence-corrected chi connectivity index (χ0v) is 10.4. The van der Waals surface area contributed by atoms with Crippen molar-refractivity contribution in [2.24, 2.45) is 0 Å². The summed E-state index contributed by atoms with van der Waals surface area (Å²) in [7, 11) is 0. The second-order valence-corrected chi connectivity index (χ2v) is 5.22. The van der Waals surface area contributed by atoms with Crippen molar-refractivity contribution in [2.75, 3.05) is 5.73 Å². The molecule has 0 atom stereocenters. The summed E-state index contributed by atoms with van der Waals surface area (Å²) < 4.78 is 1.13. The van der Waals surface area contributed by atoms with Crippen LogP contribution in [0.15, 0.2) is 42.5 Å². The van der Waals surface area contributed by atoms with E-state index in [4.69, 9.17) is 17.3 Å². The van der Waals surface area contributed by atoms with E-state index in [0.717, 1.165) is 31.5 Å². The van der Waals surface area contributed by atoms with Crippen LogP contribution in [-0.4, -0.2) is 4.98 Å². The number of nitrogens with zero attached hydrogens (tertiary/aromatic N) is 1. The number of thiazole rings is 1. The molecule has 0 aliphatic heterocycles. The molecule has 2 N–H and O–H groups in total. The first-order valence-corrected chi connectivity index (χ1v) is 6.34. The highest BCUT2D eigenvalue weighted by atomic mass is 35.5. The van der Waals surface area contributed by atoms with Gasteiger partial charge in [0.05, 0.1) is 10.2 Å². The average Bonchev–Trinajstić information content (AvgIpc) is 2.72. The van der Waals surface area contributed by atoms with E-state index in [1.165, 1.54) is 0 Å². The van der Waals surface area contributed by atoms with Crippen LogP contribution in [0.3, 0.4) is 0 Å². The molecule has 4 heteroatoms. The quantitative estimate of drug-likeness (QED) is 0.666. The second-order valence-electron chi connectivity index (χ2n) is 3.76. The number of nitrogens with two attached hydrogens (primary N) is 1. The SMILES string of the molecule is Nc1ccc2sc(-c3cccc(Cl)c3)nc2c1. The Bertz CT molecular complexity index is 691. The Morgan fingerprint density at radius 2 is 2.00 bits per heavy atom. The molecule has 1 aromatic heterocycles. The molecule has 1 heterocycles. The molecule has 3 rings (SSSR count). The van der Waals surface area contributed by atoms with Crippen molar-refractivity contribution in [1.82, 2.24) is 4.98 Å². The van der Waals surface area contributed by atoms with Crippen molar-refractivity contribution in [2.45, 2.75) is 0 Å². The lowest BCUT2D eigenvalue weighted by molar-refractivity contribution is 1.48. The minimum Gasteiger partial charge on any atom is -0.399 e. The first-order chi connectivity index (χ1) is 8.22. The fourth-order valence-electron chi connectivity index (χ4n) is 1.69. The molecule has 2 aromatic carbocycles. The Kier molecular flexibility index (Phi) is 2.50. The van der Waals surface area contributed by atoms with E-state index in [0.29, 0.717) is 0 Å². The number of aromatic nitrogens is 1. The van der Waals surface area contributed by atoms with Gasteiger partial charge in [-0.2, -0.15) is 0 Å². The van der Waals surface area contributed by atoms with Gasteiger partial charge in [0.1, 0.15) is 5.01 Å². The highest BCUT2D eigenvalue weighted by Crippen LogP contribution is 2.31. The molecular weight excluding hydrogens is 252 g/mol. The van der Waals surface area contributed by atoms with Gasteiger partial charge in [0.25, 0.3) is 0 Å². The van der Waals surface area contributed by atoms with Crippen molar-refractivity contribution in [3.05, 3.63) is 47.5 Å². The molecule has 0 spiro atoms. The fourth-order valence-corrected chi connectivity index (χ4v) is 2.82. The molecule has 2 nitrogen and oxygen atoms in total. The van der Waals surface area contributed by atoms with Gasteiger partial charge in [-0.3, -0.25) is 0 Å². The third-order valence-electron chi connectivity index (χ3n) is 2.48. The third kappa shape index (κ3) is 1.99. The van der Waals surface area contributed by atoms with E-state index < -0.39 is 0 Å². The Labute approximate surface area is 108 Å². The molecule has 0 saturated carbocycles. The Balaban J connectivity index is 2.18. The van der Waals surface area contributed by atoms with Crippen LogP contribution >= 0.6 is 22.9 Å². The number of halogens is 1. The van der Waals surface area contributed by atoms with Crippen LogP contribution in [0.5, 0.6) is 0 Å². The van der Waals surface area contributed by atoms with Crippen LogP contribution in [0.1, 0.15) is 0 Å². The van der Waals surface area contributed by atoms with E-state index in [1.54, 1.807) is 11.3 Å². The number of hydrogen-bond donors (Lipinski definition) is 1. The van der Waals surface area contributed by atoms with Gasteiger partial charge in [-0.05, 0) is 30.3 Å². The minimum atomic E-state index is 0.723. The van der Waals surface area contributed by atoms with Crippen LogP contribution in [0, 0.1) is 0 Å². The van der Waals surface area contributed by atoms with Crippen molar-refractivity contribution in [3.63, 3.8) is 0 Å². The fraction of sp³-hybridized carbons (Fsp3) is 0. The normalized spacial score (nSPS) is 10.9. The molecule has 0 aliphatic rings. The molecule has 0 fully saturated rings. The number of benzene rings is 2. The van der Waals surface area contributed by atoms with Crippen molar-refractivity contribution in [3.8, 4) is 10.6 Å². The molecule has 3 aromatic rings. The Hall–Kier alpha value is -1.58. The van der Waals surface area contributed by atoms with Crippen LogP contribution in [0.25, 0.3) is 20.8 Å². The van der Waals surface area contributed by atoms with Gasteiger partial charge in [-0.15, -0.1) is 11.3 Å². The van der Waals surface area contributed by atoms with Gasteiger partial charge in [-0.25, -0.2) is 4.98 Å². The van der Waals surface area contributed by atoms with Gasteiger partial charge in [0.15, 0.2) is 0 Å². The average molecular weight is 261 g/mol. The molecule has 0 saturated heterocycles. The monoisotopic (exact) mass is 260 g/mol. The Morgan fingerprint density at radius 1 is 1.12 bits per heavy atom. The first kappa shape index (κ1) is 10.6.